The molecule has 1 aromatic carbocycles. The predicted octanol–water partition coefficient (Wildman–Crippen LogP) is 3.79. The third-order valence-corrected chi connectivity index (χ3v) is 3.50. The van der Waals surface area contributed by atoms with E-state index in [2.05, 4.69) is 0 Å². The molecule has 1 nitrogen and oxygen atoms in total. The number of benzene rings is 1. The Morgan fingerprint density at radius 2 is 2.07 bits per heavy atom. The van der Waals surface area contributed by atoms with Crippen LogP contribution in [0.3, 0.4) is 0 Å². The van der Waals surface area contributed by atoms with Crippen molar-refractivity contribution in [1.29, 1.82) is 0 Å². The average Bonchev–Trinajstić information content (AvgIpc) is 2.93. The molecule has 3 heteroatoms. The maximum absolute atomic E-state index is 6.08. The molecule has 2 rings (SSSR count). The van der Waals surface area contributed by atoms with E-state index in [1.54, 1.807) is 6.07 Å². The van der Waals surface area contributed by atoms with Crippen LogP contribution in [0.4, 0.5) is 0 Å². The molecule has 14 heavy (non-hydrogen) atoms. The molecule has 1 aromatic rings. The minimum atomic E-state index is 0.0358. The van der Waals surface area contributed by atoms with Crippen LogP contribution in [-0.4, -0.2) is 0 Å². The summed E-state index contributed by atoms with van der Waals surface area (Å²) in [4.78, 5) is 0. The summed E-state index contributed by atoms with van der Waals surface area (Å²) in [7, 11) is 0. The molecule has 1 fully saturated rings. The van der Waals surface area contributed by atoms with Gasteiger partial charge >= 0.3 is 0 Å². The minimum Gasteiger partial charge on any atom is -0.324 e. The highest BCUT2D eigenvalue weighted by Crippen LogP contribution is 2.39. The third-order valence-electron chi connectivity index (χ3n) is 2.67. The number of hydrogen-bond donors (Lipinski definition) is 1. The van der Waals surface area contributed by atoms with E-state index >= 15 is 0 Å². The normalized spacial score (nSPS) is 18.2. The molecule has 1 atom stereocenters. The van der Waals surface area contributed by atoms with E-state index < -0.39 is 0 Å². The van der Waals surface area contributed by atoms with Crippen molar-refractivity contribution in [3.05, 3.63) is 33.8 Å². The maximum Gasteiger partial charge on any atom is 0.0640 e. The molecule has 1 aliphatic rings. The van der Waals surface area contributed by atoms with Gasteiger partial charge in [-0.15, -0.1) is 0 Å². The molecule has 2 N–H and O–H groups in total. The van der Waals surface area contributed by atoms with Crippen molar-refractivity contribution >= 4 is 23.2 Å². The summed E-state index contributed by atoms with van der Waals surface area (Å²) in [6.07, 6.45) is 3.65. The highest BCUT2D eigenvalue weighted by atomic mass is 35.5. The van der Waals surface area contributed by atoms with Crippen LogP contribution in [0.15, 0.2) is 18.2 Å². The Balaban J connectivity index is 2.16. The van der Waals surface area contributed by atoms with Gasteiger partial charge in [0.15, 0.2) is 0 Å². The molecule has 0 bridgehead atoms. The van der Waals surface area contributed by atoms with Crippen molar-refractivity contribution < 1.29 is 0 Å². The van der Waals surface area contributed by atoms with Crippen molar-refractivity contribution in [2.75, 3.05) is 0 Å². The summed E-state index contributed by atoms with van der Waals surface area (Å²) in [6, 6.07) is 5.68. The van der Waals surface area contributed by atoms with Gasteiger partial charge in [-0.2, -0.15) is 0 Å². The van der Waals surface area contributed by atoms with E-state index in [0.717, 1.165) is 17.9 Å². The van der Waals surface area contributed by atoms with Crippen molar-refractivity contribution in [3.63, 3.8) is 0 Å². The molecule has 1 aliphatic carbocycles. The monoisotopic (exact) mass is 229 g/mol. The second kappa shape index (κ2) is 4.09. The zero-order chi connectivity index (χ0) is 10.1. The number of rotatable bonds is 3. The Kier molecular flexibility index (Phi) is 3.01. The lowest BCUT2D eigenvalue weighted by Gasteiger charge is -2.13. The van der Waals surface area contributed by atoms with Crippen LogP contribution in [-0.2, 0) is 0 Å². The highest BCUT2D eigenvalue weighted by Gasteiger charge is 2.25. The third kappa shape index (κ3) is 2.22. The lowest BCUT2D eigenvalue weighted by atomic mass is 10.0. The molecule has 0 aromatic heterocycles. The first-order chi connectivity index (χ1) is 6.68. The number of nitrogens with two attached hydrogens (primary N) is 1. The first kappa shape index (κ1) is 10.3. The van der Waals surface area contributed by atoms with Gasteiger partial charge in [0.25, 0.3) is 0 Å². The van der Waals surface area contributed by atoms with E-state index in [0.29, 0.717) is 10.0 Å². The van der Waals surface area contributed by atoms with Crippen LogP contribution < -0.4 is 5.73 Å². The zero-order valence-electron chi connectivity index (χ0n) is 7.84. The average molecular weight is 230 g/mol. The van der Waals surface area contributed by atoms with Crippen LogP contribution in [0.5, 0.6) is 0 Å². The zero-order valence-corrected chi connectivity index (χ0v) is 9.35. The summed E-state index contributed by atoms with van der Waals surface area (Å²) >= 11 is 12.0. The van der Waals surface area contributed by atoms with E-state index in [4.69, 9.17) is 28.9 Å². The standard InChI is InChI=1S/C11H13Cl2N/c12-9-3-1-2-8(11(9)13)10(14)6-7-4-5-7/h1-3,7,10H,4-6,14H2/t10-/m0/s1. The van der Waals surface area contributed by atoms with Crippen LogP contribution in [0, 0.1) is 5.92 Å². The lowest BCUT2D eigenvalue weighted by molar-refractivity contribution is 0.597. The van der Waals surface area contributed by atoms with E-state index in [1.807, 2.05) is 12.1 Å². The van der Waals surface area contributed by atoms with Crippen LogP contribution >= 0.6 is 23.2 Å². The van der Waals surface area contributed by atoms with Gasteiger partial charge in [0, 0.05) is 6.04 Å². The highest BCUT2D eigenvalue weighted by molar-refractivity contribution is 6.42. The fourth-order valence-corrected chi connectivity index (χ4v) is 2.09. The Bertz CT molecular complexity index is 334. The fraction of sp³-hybridized carbons (Fsp3) is 0.455. The first-order valence-electron chi connectivity index (χ1n) is 4.88. The van der Waals surface area contributed by atoms with Crippen molar-refractivity contribution in [2.45, 2.75) is 25.3 Å². The van der Waals surface area contributed by atoms with Gasteiger partial charge in [-0.1, -0.05) is 48.2 Å². The Morgan fingerprint density at radius 1 is 1.36 bits per heavy atom. The molecule has 0 radical (unpaired) electrons. The molecule has 0 spiro atoms. The quantitative estimate of drug-likeness (QED) is 0.839. The molecular formula is C11H13Cl2N. The maximum atomic E-state index is 6.08. The molecule has 0 heterocycles. The summed E-state index contributed by atoms with van der Waals surface area (Å²) in [5.74, 6) is 0.806. The summed E-state index contributed by atoms with van der Waals surface area (Å²) in [5.41, 5.74) is 7.04. The largest absolute Gasteiger partial charge is 0.324 e. The summed E-state index contributed by atoms with van der Waals surface area (Å²) < 4.78 is 0. The molecule has 0 aliphatic heterocycles. The van der Waals surface area contributed by atoms with Gasteiger partial charge in [0.05, 0.1) is 10.0 Å². The molecule has 1 saturated carbocycles. The van der Waals surface area contributed by atoms with Gasteiger partial charge in [-0.3, -0.25) is 0 Å². The van der Waals surface area contributed by atoms with E-state index in [9.17, 15) is 0 Å². The smallest absolute Gasteiger partial charge is 0.0640 e. The molecular weight excluding hydrogens is 217 g/mol. The van der Waals surface area contributed by atoms with Gasteiger partial charge in [-0.25, -0.2) is 0 Å². The van der Waals surface area contributed by atoms with Gasteiger partial charge in [-0.05, 0) is 24.0 Å². The van der Waals surface area contributed by atoms with Crippen molar-refractivity contribution in [2.24, 2.45) is 11.7 Å². The van der Waals surface area contributed by atoms with Crippen LogP contribution in [0.1, 0.15) is 30.9 Å². The Hall–Kier alpha value is -0.240. The van der Waals surface area contributed by atoms with Crippen LogP contribution in [0.25, 0.3) is 0 Å². The first-order valence-corrected chi connectivity index (χ1v) is 5.63. The second-order valence-electron chi connectivity index (χ2n) is 3.93. The molecule has 0 saturated heterocycles. The Morgan fingerprint density at radius 3 is 2.71 bits per heavy atom. The topological polar surface area (TPSA) is 26.0 Å². The SMILES string of the molecule is N[C@@H](CC1CC1)c1cccc(Cl)c1Cl. The van der Waals surface area contributed by atoms with Crippen molar-refractivity contribution in [1.82, 2.24) is 0 Å². The van der Waals surface area contributed by atoms with Crippen LogP contribution in [0.2, 0.25) is 10.0 Å². The van der Waals surface area contributed by atoms with Gasteiger partial charge < -0.3 is 5.73 Å². The molecule has 0 unspecified atom stereocenters. The number of halogens is 2. The van der Waals surface area contributed by atoms with E-state index in [1.165, 1.54) is 12.8 Å². The Labute approximate surface area is 94.2 Å². The van der Waals surface area contributed by atoms with Gasteiger partial charge in [0.2, 0.25) is 0 Å². The van der Waals surface area contributed by atoms with Crippen molar-refractivity contribution in [3.8, 4) is 0 Å². The fourth-order valence-electron chi connectivity index (χ4n) is 1.65. The second-order valence-corrected chi connectivity index (χ2v) is 4.71. The minimum absolute atomic E-state index is 0.0358. The molecule has 0 amide bonds. The van der Waals surface area contributed by atoms with E-state index in [-0.39, 0.29) is 6.04 Å². The predicted molar refractivity (Wildman–Crippen MR) is 60.7 cm³/mol. The summed E-state index contributed by atoms with van der Waals surface area (Å²) in [6.45, 7) is 0. The summed E-state index contributed by atoms with van der Waals surface area (Å²) in [5, 5.41) is 1.21. The molecule has 76 valence electrons. The van der Waals surface area contributed by atoms with Gasteiger partial charge in [0.1, 0.15) is 0 Å². The number of hydrogen-bond acceptors (Lipinski definition) is 1. The lowest BCUT2D eigenvalue weighted by Crippen LogP contribution is -2.11.